The molecule has 0 fully saturated rings. The van der Waals surface area contributed by atoms with Crippen molar-refractivity contribution in [3.63, 3.8) is 0 Å². The molecule has 1 aliphatic rings. The Bertz CT molecular complexity index is 625. The molecular formula is C17H22N2O4. The molecule has 0 heterocycles. The van der Waals surface area contributed by atoms with Crippen LogP contribution in [0.15, 0.2) is 35.9 Å². The molecule has 1 N–H and O–H groups in total. The molecule has 1 amide bonds. The summed E-state index contributed by atoms with van der Waals surface area (Å²) in [6.45, 7) is 6.23. The molecule has 1 aromatic rings. The number of ether oxygens (including phenoxy) is 1. The molecule has 1 aliphatic carbocycles. The zero-order valence-electron chi connectivity index (χ0n) is 13.6. The van der Waals surface area contributed by atoms with Gasteiger partial charge in [0.2, 0.25) is 0 Å². The van der Waals surface area contributed by atoms with Gasteiger partial charge < -0.3 is 4.74 Å². The highest BCUT2D eigenvalue weighted by molar-refractivity contribution is 5.87. The summed E-state index contributed by atoms with van der Waals surface area (Å²) in [5, 5.41) is 13.5. The second-order valence-corrected chi connectivity index (χ2v) is 6.24. The van der Waals surface area contributed by atoms with E-state index in [0.717, 1.165) is 6.42 Å². The van der Waals surface area contributed by atoms with Crippen LogP contribution in [0.25, 0.3) is 0 Å². The van der Waals surface area contributed by atoms with Crippen molar-refractivity contribution >= 4 is 17.5 Å². The molecule has 124 valence electrons. The van der Waals surface area contributed by atoms with Gasteiger partial charge >= 0.3 is 6.09 Å². The van der Waals surface area contributed by atoms with Crippen molar-refractivity contribution < 1.29 is 14.5 Å². The molecule has 6 heteroatoms. The fourth-order valence-corrected chi connectivity index (χ4v) is 2.89. The molecule has 0 radical (unpaired) electrons. The number of benzene rings is 1. The minimum absolute atomic E-state index is 0.145. The van der Waals surface area contributed by atoms with Crippen LogP contribution in [0.2, 0.25) is 0 Å². The van der Waals surface area contributed by atoms with E-state index in [2.05, 4.69) is 25.2 Å². The Kier molecular flexibility index (Phi) is 5.36. The second-order valence-electron chi connectivity index (χ2n) is 6.24. The number of amides is 1. The number of rotatable bonds is 4. The van der Waals surface area contributed by atoms with Gasteiger partial charge in [-0.25, -0.2) is 4.79 Å². The molecule has 2 atom stereocenters. The number of nitro benzene ring substituents is 1. The quantitative estimate of drug-likeness (QED) is 0.502. The molecule has 0 saturated heterocycles. The summed E-state index contributed by atoms with van der Waals surface area (Å²) in [7, 11) is 0. The summed E-state index contributed by atoms with van der Waals surface area (Å²) in [4.78, 5) is 22.6. The first-order valence-corrected chi connectivity index (χ1v) is 7.75. The molecule has 0 saturated carbocycles. The molecule has 23 heavy (non-hydrogen) atoms. The average molecular weight is 318 g/mol. The lowest BCUT2D eigenvalue weighted by Crippen LogP contribution is -2.34. The van der Waals surface area contributed by atoms with E-state index in [0.29, 0.717) is 12.3 Å². The number of para-hydroxylation sites is 2. The number of nitrogens with one attached hydrogen (secondary N) is 1. The van der Waals surface area contributed by atoms with E-state index in [4.69, 9.17) is 4.74 Å². The van der Waals surface area contributed by atoms with Crippen molar-refractivity contribution in [2.45, 2.75) is 39.7 Å². The van der Waals surface area contributed by atoms with Gasteiger partial charge in [-0.3, -0.25) is 15.4 Å². The van der Waals surface area contributed by atoms with Crippen molar-refractivity contribution in [3.8, 4) is 0 Å². The third-order valence-corrected chi connectivity index (χ3v) is 4.19. The Hall–Kier alpha value is -2.37. The molecule has 1 aromatic carbocycles. The van der Waals surface area contributed by atoms with Crippen LogP contribution in [0.4, 0.5) is 16.2 Å². The van der Waals surface area contributed by atoms with E-state index in [1.165, 1.54) is 17.7 Å². The van der Waals surface area contributed by atoms with E-state index in [1.807, 2.05) is 6.92 Å². The number of hydrogen-bond acceptors (Lipinski definition) is 4. The third-order valence-electron chi connectivity index (χ3n) is 4.19. The Morgan fingerprint density at radius 2 is 2.09 bits per heavy atom. The Labute approximate surface area is 135 Å². The van der Waals surface area contributed by atoms with Crippen molar-refractivity contribution in [2.75, 3.05) is 5.32 Å². The van der Waals surface area contributed by atoms with Gasteiger partial charge in [-0.2, -0.15) is 0 Å². The van der Waals surface area contributed by atoms with Gasteiger partial charge in [0.15, 0.2) is 0 Å². The van der Waals surface area contributed by atoms with Gasteiger partial charge in [0.05, 0.1) is 4.92 Å². The summed E-state index contributed by atoms with van der Waals surface area (Å²) in [5.41, 5.74) is 1.20. The third kappa shape index (κ3) is 4.31. The number of carbonyl (C=O) groups is 1. The highest BCUT2D eigenvalue weighted by Crippen LogP contribution is 2.32. The SMILES string of the molecule is CC1=CCC(C(C)C)C(OC(=O)Nc2ccccc2[N+](=O)[O-])C1. The predicted molar refractivity (Wildman–Crippen MR) is 88.3 cm³/mol. The summed E-state index contributed by atoms with van der Waals surface area (Å²) in [6, 6.07) is 6.02. The van der Waals surface area contributed by atoms with Gasteiger partial charge in [0, 0.05) is 18.4 Å². The number of allylic oxidation sites excluding steroid dienone is 1. The standard InChI is InChI=1S/C17H22N2O4/c1-11(2)13-9-8-12(3)10-16(13)23-17(20)18-14-6-4-5-7-15(14)19(21)22/h4-8,11,13,16H,9-10H2,1-3H3,(H,18,20). The molecule has 0 bridgehead atoms. The van der Waals surface area contributed by atoms with Gasteiger partial charge in [-0.15, -0.1) is 0 Å². The van der Waals surface area contributed by atoms with Crippen LogP contribution in [-0.2, 0) is 4.74 Å². The fraction of sp³-hybridized carbons (Fsp3) is 0.471. The number of hydrogen-bond donors (Lipinski definition) is 1. The van der Waals surface area contributed by atoms with Crippen LogP contribution in [0.5, 0.6) is 0 Å². The Morgan fingerprint density at radius 3 is 2.74 bits per heavy atom. The van der Waals surface area contributed by atoms with Gasteiger partial charge in [-0.1, -0.05) is 37.6 Å². The van der Waals surface area contributed by atoms with E-state index >= 15 is 0 Å². The fourth-order valence-electron chi connectivity index (χ4n) is 2.89. The van der Waals surface area contributed by atoms with Crippen LogP contribution in [0.1, 0.15) is 33.6 Å². The zero-order chi connectivity index (χ0) is 17.0. The molecule has 6 nitrogen and oxygen atoms in total. The highest BCUT2D eigenvalue weighted by atomic mass is 16.6. The van der Waals surface area contributed by atoms with Crippen LogP contribution in [-0.4, -0.2) is 17.1 Å². The Balaban J connectivity index is 2.07. The van der Waals surface area contributed by atoms with E-state index < -0.39 is 11.0 Å². The summed E-state index contributed by atoms with van der Waals surface area (Å²) >= 11 is 0. The molecular weight excluding hydrogens is 296 g/mol. The molecule has 0 aliphatic heterocycles. The number of anilines is 1. The topological polar surface area (TPSA) is 81.5 Å². The maximum Gasteiger partial charge on any atom is 0.412 e. The van der Waals surface area contributed by atoms with E-state index in [9.17, 15) is 14.9 Å². The number of nitro groups is 1. The van der Waals surface area contributed by atoms with Gasteiger partial charge in [0.25, 0.3) is 5.69 Å². The first kappa shape index (κ1) is 17.0. The lowest BCUT2D eigenvalue weighted by Gasteiger charge is -2.32. The minimum Gasteiger partial charge on any atom is -0.445 e. The van der Waals surface area contributed by atoms with Gasteiger partial charge in [-0.05, 0) is 25.3 Å². The number of nitrogens with zero attached hydrogens (tertiary/aromatic N) is 1. The summed E-state index contributed by atoms with van der Waals surface area (Å²) in [5.74, 6) is 0.651. The smallest absolute Gasteiger partial charge is 0.412 e. The summed E-state index contributed by atoms with van der Waals surface area (Å²) in [6.07, 6.45) is 2.91. The lowest BCUT2D eigenvalue weighted by molar-refractivity contribution is -0.383. The van der Waals surface area contributed by atoms with Crippen LogP contribution >= 0.6 is 0 Å². The molecule has 2 unspecified atom stereocenters. The highest BCUT2D eigenvalue weighted by Gasteiger charge is 2.30. The first-order valence-electron chi connectivity index (χ1n) is 7.75. The second kappa shape index (κ2) is 7.26. The lowest BCUT2D eigenvalue weighted by atomic mass is 9.80. The average Bonchev–Trinajstić information content (AvgIpc) is 2.47. The zero-order valence-corrected chi connectivity index (χ0v) is 13.6. The molecule has 0 aromatic heterocycles. The predicted octanol–water partition coefficient (Wildman–Crippen LogP) is 4.52. The Morgan fingerprint density at radius 1 is 1.39 bits per heavy atom. The number of carbonyl (C=O) groups excluding carboxylic acids is 1. The van der Waals surface area contributed by atoms with Crippen LogP contribution in [0, 0.1) is 22.0 Å². The molecule has 2 rings (SSSR count). The normalized spacial score (nSPS) is 20.8. The first-order chi connectivity index (χ1) is 10.9. The maximum absolute atomic E-state index is 12.2. The summed E-state index contributed by atoms with van der Waals surface area (Å²) < 4.78 is 5.56. The maximum atomic E-state index is 12.2. The van der Waals surface area contributed by atoms with Crippen molar-refractivity contribution in [1.29, 1.82) is 0 Å². The molecule has 0 spiro atoms. The van der Waals surface area contributed by atoms with Crippen LogP contribution in [0.3, 0.4) is 0 Å². The van der Waals surface area contributed by atoms with Gasteiger partial charge in [0.1, 0.15) is 11.8 Å². The van der Waals surface area contributed by atoms with Crippen molar-refractivity contribution in [1.82, 2.24) is 0 Å². The van der Waals surface area contributed by atoms with Crippen molar-refractivity contribution in [2.24, 2.45) is 11.8 Å². The van der Waals surface area contributed by atoms with Crippen molar-refractivity contribution in [3.05, 3.63) is 46.0 Å². The van der Waals surface area contributed by atoms with Crippen LogP contribution < -0.4 is 5.32 Å². The largest absolute Gasteiger partial charge is 0.445 e. The van der Waals surface area contributed by atoms with E-state index in [-0.39, 0.29) is 23.4 Å². The van der Waals surface area contributed by atoms with E-state index in [1.54, 1.807) is 12.1 Å². The minimum atomic E-state index is -0.648. The monoisotopic (exact) mass is 318 g/mol.